The maximum Gasteiger partial charge on any atom is 0.171 e. The Balaban J connectivity index is 2.14. The van der Waals surface area contributed by atoms with Gasteiger partial charge in [-0.3, -0.25) is 9.78 Å². The maximum absolute atomic E-state index is 12.6. The van der Waals surface area contributed by atoms with Crippen LogP contribution in [0.25, 0.3) is 0 Å². The summed E-state index contributed by atoms with van der Waals surface area (Å²) in [5.41, 5.74) is 0.336. The Bertz CT molecular complexity index is 440. The Morgan fingerprint density at radius 3 is 3.05 bits per heavy atom. The monoisotopic (exact) mass is 262 g/mol. The summed E-state index contributed by atoms with van der Waals surface area (Å²) < 4.78 is 5.54. The quantitative estimate of drug-likeness (QED) is 0.828. The average molecular weight is 262 g/mol. The van der Waals surface area contributed by atoms with Gasteiger partial charge in [0.15, 0.2) is 5.78 Å². The number of aromatic nitrogens is 1. The van der Waals surface area contributed by atoms with Gasteiger partial charge >= 0.3 is 0 Å². The normalized spacial score (nSPS) is 23.1. The van der Waals surface area contributed by atoms with Crippen LogP contribution in [0.5, 0.6) is 5.75 Å². The van der Waals surface area contributed by atoms with Crippen molar-refractivity contribution in [2.45, 2.75) is 33.1 Å². The fraction of sp³-hybridized carbons (Fsp3) is 0.600. The van der Waals surface area contributed by atoms with E-state index in [9.17, 15) is 4.79 Å². The lowest BCUT2D eigenvalue weighted by Gasteiger charge is -2.32. The summed E-state index contributed by atoms with van der Waals surface area (Å²) in [4.78, 5) is 16.7. The molecule has 0 bridgehead atoms. The van der Waals surface area contributed by atoms with Crippen molar-refractivity contribution in [1.82, 2.24) is 10.3 Å². The molecule has 0 aliphatic carbocycles. The number of Topliss-reactive ketones (excluding diaryl/α,β-unsaturated/α-hetero) is 1. The van der Waals surface area contributed by atoms with Crippen LogP contribution in [0, 0.1) is 5.41 Å². The highest BCUT2D eigenvalue weighted by atomic mass is 16.5. The molecule has 1 aromatic heterocycles. The smallest absolute Gasteiger partial charge is 0.171 e. The number of rotatable bonds is 5. The lowest BCUT2D eigenvalue weighted by molar-refractivity contribution is 0.0772. The molecular formula is C15H22N2O2. The predicted octanol–water partition coefficient (Wildman–Crippen LogP) is 2.44. The first-order chi connectivity index (χ1) is 9.15. The zero-order chi connectivity index (χ0) is 13.7. The van der Waals surface area contributed by atoms with Crippen LogP contribution >= 0.6 is 0 Å². The Morgan fingerprint density at radius 1 is 1.53 bits per heavy atom. The molecule has 19 heavy (non-hydrogen) atoms. The van der Waals surface area contributed by atoms with Crippen LogP contribution in [0.3, 0.4) is 0 Å². The molecule has 1 N–H and O–H groups in total. The minimum atomic E-state index is -0.316. The van der Waals surface area contributed by atoms with Crippen molar-refractivity contribution in [3.8, 4) is 5.75 Å². The summed E-state index contributed by atoms with van der Waals surface area (Å²) in [5.74, 6) is 0.842. The van der Waals surface area contributed by atoms with Crippen molar-refractivity contribution in [2.24, 2.45) is 5.41 Å². The van der Waals surface area contributed by atoms with E-state index in [0.717, 1.165) is 32.4 Å². The van der Waals surface area contributed by atoms with Crippen molar-refractivity contribution in [1.29, 1.82) is 0 Å². The lowest BCUT2D eigenvalue weighted by Crippen LogP contribution is -2.43. The minimum Gasteiger partial charge on any atom is -0.492 e. The number of nitrogens with zero attached hydrogens (tertiary/aromatic N) is 1. The molecule has 0 saturated carbocycles. The Morgan fingerprint density at radius 2 is 2.37 bits per heavy atom. The third-order valence-electron chi connectivity index (χ3n) is 3.59. The van der Waals surface area contributed by atoms with Gasteiger partial charge < -0.3 is 10.1 Å². The van der Waals surface area contributed by atoms with E-state index in [0.29, 0.717) is 17.9 Å². The van der Waals surface area contributed by atoms with E-state index in [2.05, 4.69) is 17.2 Å². The molecule has 0 spiro atoms. The maximum atomic E-state index is 12.6. The number of hydrogen-bond donors (Lipinski definition) is 1. The minimum absolute atomic E-state index is 0.161. The lowest BCUT2D eigenvalue weighted by atomic mass is 9.77. The molecule has 1 aliphatic rings. The third kappa shape index (κ3) is 3.32. The SMILES string of the molecule is CCCOc1cncc(C(=O)C2(C)CCCNC2)c1. The summed E-state index contributed by atoms with van der Waals surface area (Å²) in [7, 11) is 0. The van der Waals surface area contributed by atoms with Crippen LogP contribution in [0.1, 0.15) is 43.5 Å². The molecule has 4 heteroatoms. The van der Waals surface area contributed by atoms with E-state index in [4.69, 9.17) is 4.74 Å². The molecule has 0 amide bonds. The van der Waals surface area contributed by atoms with E-state index in [1.54, 1.807) is 12.4 Å². The molecule has 1 fully saturated rings. The van der Waals surface area contributed by atoms with Gasteiger partial charge in [-0.2, -0.15) is 0 Å². The van der Waals surface area contributed by atoms with Crippen molar-refractivity contribution in [3.05, 3.63) is 24.0 Å². The second-order valence-corrected chi connectivity index (χ2v) is 5.43. The highest BCUT2D eigenvalue weighted by Crippen LogP contribution is 2.30. The number of piperidine rings is 1. The van der Waals surface area contributed by atoms with E-state index in [-0.39, 0.29) is 11.2 Å². The second kappa shape index (κ2) is 6.15. The Labute approximate surface area is 114 Å². The number of carbonyl (C=O) groups excluding carboxylic acids is 1. The van der Waals surface area contributed by atoms with E-state index >= 15 is 0 Å². The first-order valence-corrected chi connectivity index (χ1v) is 6.99. The van der Waals surface area contributed by atoms with Gasteiger partial charge in [-0.05, 0) is 31.9 Å². The van der Waals surface area contributed by atoms with E-state index in [1.807, 2.05) is 13.0 Å². The first kappa shape index (κ1) is 14.0. The number of ether oxygens (including phenoxy) is 1. The molecule has 2 heterocycles. The standard InChI is InChI=1S/C15H22N2O2/c1-3-7-19-13-8-12(9-17-10-13)14(18)15(2)5-4-6-16-11-15/h8-10,16H,3-7,11H2,1-2H3. The Kier molecular flexibility index (Phi) is 4.53. The number of hydrogen-bond acceptors (Lipinski definition) is 4. The van der Waals surface area contributed by atoms with Crippen molar-refractivity contribution >= 4 is 5.78 Å². The van der Waals surface area contributed by atoms with E-state index < -0.39 is 0 Å². The highest BCUT2D eigenvalue weighted by Gasteiger charge is 2.35. The second-order valence-electron chi connectivity index (χ2n) is 5.43. The molecule has 104 valence electrons. The largest absolute Gasteiger partial charge is 0.492 e. The summed E-state index contributed by atoms with van der Waals surface area (Å²) in [6, 6.07) is 1.81. The molecule has 1 saturated heterocycles. The zero-order valence-corrected chi connectivity index (χ0v) is 11.7. The molecule has 1 unspecified atom stereocenters. The summed E-state index contributed by atoms with van der Waals surface area (Å²) >= 11 is 0. The fourth-order valence-electron chi connectivity index (χ4n) is 2.44. The van der Waals surface area contributed by atoms with Crippen molar-refractivity contribution in [3.63, 3.8) is 0 Å². The third-order valence-corrected chi connectivity index (χ3v) is 3.59. The number of carbonyl (C=O) groups is 1. The predicted molar refractivity (Wildman–Crippen MR) is 74.6 cm³/mol. The number of pyridine rings is 1. The molecule has 0 radical (unpaired) electrons. The molecular weight excluding hydrogens is 240 g/mol. The van der Waals surface area contributed by atoms with Crippen molar-refractivity contribution in [2.75, 3.05) is 19.7 Å². The van der Waals surface area contributed by atoms with Crippen LogP contribution in [-0.2, 0) is 0 Å². The molecule has 4 nitrogen and oxygen atoms in total. The molecule has 1 atom stereocenters. The van der Waals surface area contributed by atoms with Gasteiger partial charge in [0.25, 0.3) is 0 Å². The zero-order valence-electron chi connectivity index (χ0n) is 11.7. The van der Waals surface area contributed by atoms with Crippen LogP contribution in [0.4, 0.5) is 0 Å². The summed E-state index contributed by atoms with van der Waals surface area (Å²) in [6.45, 7) is 6.48. The number of ketones is 1. The van der Waals surface area contributed by atoms with Crippen LogP contribution < -0.4 is 10.1 Å². The Hall–Kier alpha value is -1.42. The molecule has 2 rings (SSSR count). The van der Waals surface area contributed by atoms with Crippen LogP contribution in [0.15, 0.2) is 18.5 Å². The van der Waals surface area contributed by atoms with Gasteiger partial charge in [0.2, 0.25) is 0 Å². The summed E-state index contributed by atoms with van der Waals surface area (Å²) in [5, 5.41) is 3.30. The average Bonchev–Trinajstić information content (AvgIpc) is 2.45. The molecule has 0 aromatic carbocycles. The van der Waals surface area contributed by atoms with Crippen molar-refractivity contribution < 1.29 is 9.53 Å². The van der Waals surface area contributed by atoms with Gasteiger partial charge in [0, 0.05) is 23.7 Å². The summed E-state index contributed by atoms with van der Waals surface area (Å²) in [6.07, 6.45) is 6.22. The van der Waals surface area contributed by atoms with Gasteiger partial charge in [0.1, 0.15) is 5.75 Å². The topological polar surface area (TPSA) is 51.2 Å². The molecule has 1 aromatic rings. The molecule has 1 aliphatic heterocycles. The highest BCUT2D eigenvalue weighted by molar-refractivity contribution is 6.00. The van der Waals surface area contributed by atoms with Crippen LogP contribution in [0.2, 0.25) is 0 Å². The van der Waals surface area contributed by atoms with Gasteiger partial charge in [-0.1, -0.05) is 13.8 Å². The first-order valence-electron chi connectivity index (χ1n) is 6.99. The van der Waals surface area contributed by atoms with Gasteiger partial charge in [-0.25, -0.2) is 0 Å². The van der Waals surface area contributed by atoms with Crippen LogP contribution in [-0.4, -0.2) is 30.5 Å². The van der Waals surface area contributed by atoms with Gasteiger partial charge in [-0.15, -0.1) is 0 Å². The number of nitrogens with one attached hydrogen (secondary N) is 1. The fourth-order valence-corrected chi connectivity index (χ4v) is 2.44. The van der Waals surface area contributed by atoms with Gasteiger partial charge in [0.05, 0.1) is 12.8 Å². The van der Waals surface area contributed by atoms with E-state index in [1.165, 1.54) is 0 Å².